The number of benzene rings is 1. The molecule has 5 nitrogen and oxygen atoms in total. The van der Waals surface area contributed by atoms with E-state index in [2.05, 4.69) is 32.9 Å². The lowest BCUT2D eigenvalue weighted by Crippen LogP contribution is -2.50. The first-order valence-corrected chi connectivity index (χ1v) is 11.9. The Kier molecular flexibility index (Phi) is 6.87. The Labute approximate surface area is 190 Å². The maximum absolute atomic E-state index is 15.0. The molecule has 1 aliphatic carbocycles. The maximum Gasteiger partial charge on any atom is 0.226 e. The van der Waals surface area contributed by atoms with Crippen LogP contribution in [0.5, 0.6) is 0 Å². The molecule has 2 aliphatic rings. The highest BCUT2D eigenvalue weighted by molar-refractivity contribution is 14.1. The van der Waals surface area contributed by atoms with Gasteiger partial charge in [0, 0.05) is 25.0 Å². The number of amides is 1. The van der Waals surface area contributed by atoms with Gasteiger partial charge >= 0.3 is 0 Å². The molecule has 2 N–H and O–H groups in total. The van der Waals surface area contributed by atoms with E-state index in [0.717, 1.165) is 56.2 Å². The predicted octanol–water partition coefficient (Wildman–Crippen LogP) is 4.28. The van der Waals surface area contributed by atoms with E-state index in [1.54, 1.807) is 18.5 Å². The minimum Gasteiger partial charge on any atom is -0.393 e. The van der Waals surface area contributed by atoms with Gasteiger partial charge in [0.15, 0.2) is 0 Å². The number of aliphatic hydroxyl groups excluding tert-OH is 1. The molecule has 1 saturated heterocycles. The molecule has 0 spiro atoms. The molecule has 4 rings (SSSR count). The zero-order chi connectivity index (χ0) is 21.1. The number of halogens is 2. The van der Waals surface area contributed by atoms with Gasteiger partial charge in [-0.2, -0.15) is 0 Å². The van der Waals surface area contributed by atoms with Gasteiger partial charge in [-0.25, -0.2) is 4.39 Å². The summed E-state index contributed by atoms with van der Waals surface area (Å²) in [6.07, 6.45) is 7.94. The Morgan fingerprint density at radius 3 is 2.53 bits per heavy atom. The molecule has 160 valence electrons. The number of hydrogen-bond donors (Lipinski definition) is 2. The molecule has 2 atom stereocenters. The van der Waals surface area contributed by atoms with Crippen molar-refractivity contribution in [2.45, 2.75) is 54.7 Å². The number of carbonyl (C=O) groups is 1. The van der Waals surface area contributed by atoms with E-state index < -0.39 is 0 Å². The number of alkyl halides is 1. The van der Waals surface area contributed by atoms with E-state index in [-0.39, 0.29) is 33.8 Å². The molecule has 7 heteroatoms. The molecular weight excluding hydrogens is 496 g/mol. The third-order valence-electron chi connectivity index (χ3n) is 6.19. The minimum absolute atomic E-state index is 0.0503. The molecule has 30 heavy (non-hydrogen) atoms. The van der Waals surface area contributed by atoms with Crippen molar-refractivity contribution in [1.29, 1.82) is 0 Å². The summed E-state index contributed by atoms with van der Waals surface area (Å²) < 4.78 is 14.9. The van der Waals surface area contributed by atoms with E-state index in [9.17, 15) is 9.90 Å². The van der Waals surface area contributed by atoms with Crippen LogP contribution < -0.4 is 10.2 Å². The Balaban J connectivity index is 1.46. The predicted molar refractivity (Wildman–Crippen MR) is 124 cm³/mol. The average molecular weight is 523 g/mol. The number of rotatable bonds is 4. The second kappa shape index (κ2) is 9.60. The molecule has 0 radical (unpaired) electrons. The smallest absolute Gasteiger partial charge is 0.226 e. The fourth-order valence-electron chi connectivity index (χ4n) is 4.46. The van der Waals surface area contributed by atoms with E-state index >= 15 is 4.39 Å². The van der Waals surface area contributed by atoms with E-state index in [4.69, 9.17) is 0 Å². The van der Waals surface area contributed by atoms with Crippen molar-refractivity contribution in [3.05, 3.63) is 48.5 Å². The maximum atomic E-state index is 15.0. The van der Waals surface area contributed by atoms with Crippen LogP contribution in [0.1, 0.15) is 38.5 Å². The SMILES string of the molecule is O=C(NC1CCC(O)CC1)[C@@H]1CCCN(c2ccc(-c3ccncc3)cc2F)C1I. The van der Waals surface area contributed by atoms with Crippen LogP contribution in [-0.4, -0.2) is 38.7 Å². The summed E-state index contributed by atoms with van der Waals surface area (Å²) in [6, 6.07) is 9.16. The summed E-state index contributed by atoms with van der Waals surface area (Å²) >= 11 is 2.28. The zero-order valence-corrected chi connectivity index (χ0v) is 19.0. The van der Waals surface area contributed by atoms with Gasteiger partial charge in [0.1, 0.15) is 5.82 Å². The second-order valence-electron chi connectivity index (χ2n) is 8.23. The average Bonchev–Trinajstić information content (AvgIpc) is 2.76. The van der Waals surface area contributed by atoms with Crippen LogP contribution in [0.25, 0.3) is 11.1 Å². The molecule has 2 aromatic rings. The lowest BCUT2D eigenvalue weighted by Gasteiger charge is -2.40. The van der Waals surface area contributed by atoms with Gasteiger partial charge < -0.3 is 15.3 Å². The fraction of sp³-hybridized carbons (Fsp3) is 0.478. The van der Waals surface area contributed by atoms with Gasteiger partial charge in [-0.15, -0.1) is 0 Å². The molecule has 0 bridgehead atoms. The van der Waals surface area contributed by atoms with Gasteiger partial charge in [0.25, 0.3) is 0 Å². The molecule has 1 saturated carbocycles. The summed E-state index contributed by atoms with van der Waals surface area (Å²) in [5.41, 5.74) is 2.29. The number of hydrogen-bond acceptors (Lipinski definition) is 4. The molecule has 2 fully saturated rings. The highest BCUT2D eigenvalue weighted by atomic mass is 127. The van der Waals surface area contributed by atoms with Crippen LogP contribution in [0.3, 0.4) is 0 Å². The van der Waals surface area contributed by atoms with Gasteiger partial charge in [0.05, 0.1) is 21.8 Å². The standard InChI is InChI=1S/C23H27FIN3O2/c24-20-14-16(15-9-11-26-12-10-15)3-8-21(20)28-13-1-2-19(22(28)25)23(30)27-17-4-6-18(29)7-5-17/h3,8-12,14,17-19,22,29H,1-2,4-7,13H2,(H,27,30)/t17?,18?,19-,22?/m1/s1. The topological polar surface area (TPSA) is 65.5 Å². The molecule has 1 aliphatic heterocycles. The monoisotopic (exact) mass is 523 g/mol. The highest BCUT2D eigenvalue weighted by Crippen LogP contribution is 2.36. The summed E-state index contributed by atoms with van der Waals surface area (Å²) in [4.78, 5) is 19.0. The van der Waals surface area contributed by atoms with Crippen LogP contribution in [0.2, 0.25) is 0 Å². The first kappa shape index (κ1) is 21.5. The molecule has 1 amide bonds. The van der Waals surface area contributed by atoms with Crippen molar-refractivity contribution in [2.75, 3.05) is 11.4 Å². The second-order valence-corrected chi connectivity index (χ2v) is 9.51. The zero-order valence-electron chi connectivity index (χ0n) is 16.8. The summed E-state index contributed by atoms with van der Waals surface area (Å²) in [6.45, 7) is 0.735. The number of aromatic nitrogens is 1. The van der Waals surface area contributed by atoms with Crippen LogP contribution in [0.4, 0.5) is 10.1 Å². The van der Waals surface area contributed by atoms with Crippen molar-refractivity contribution < 1.29 is 14.3 Å². The normalized spacial score (nSPS) is 27.0. The lowest BCUT2D eigenvalue weighted by atomic mass is 9.91. The number of piperidine rings is 1. The Bertz CT molecular complexity index is 874. The summed E-state index contributed by atoms with van der Waals surface area (Å²) in [7, 11) is 0. The van der Waals surface area contributed by atoms with Gasteiger partial charge in [-0.05, 0) is 73.9 Å². The lowest BCUT2D eigenvalue weighted by molar-refractivity contribution is -0.126. The summed E-state index contributed by atoms with van der Waals surface area (Å²) in [5.74, 6) is -0.395. The van der Waals surface area contributed by atoms with Crippen molar-refractivity contribution in [3.63, 3.8) is 0 Å². The number of pyridine rings is 1. The Morgan fingerprint density at radius 2 is 1.83 bits per heavy atom. The number of nitrogens with zero attached hydrogens (tertiary/aromatic N) is 2. The third kappa shape index (κ3) is 4.77. The van der Waals surface area contributed by atoms with Gasteiger partial charge in [0.2, 0.25) is 5.91 Å². The first-order chi connectivity index (χ1) is 14.5. The Hall–Kier alpha value is -1.74. The minimum atomic E-state index is -0.270. The van der Waals surface area contributed by atoms with Crippen LogP contribution in [0, 0.1) is 11.7 Å². The number of anilines is 1. The fourth-order valence-corrected chi connectivity index (χ4v) is 5.73. The number of carbonyl (C=O) groups excluding carboxylic acids is 1. The third-order valence-corrected chi connectivity index (χ3v) is 7.74. The van der Waals surface area contributed by atoms with Crippen molar-refractivity contribution in [2.24, 2.45) is 5.92 Å². The van der Waals surface area contributed by atoms with Crippen LogP contribution in [-0.2, 0) is 4.79 Å². The molecule has 1 aromatic carbocycles. The van der Waals surface area contributed by atoms with Crippen LogP contribution in [0.15, 0.2) is 42.7 Å². The van der Waals surface area contributed by atoms with Crippen molar-refractivity contribution >= 4 is 34.2 Å². The largest absolute Gasteiger partial charge is 0.393 e. The van der Waals surface area contributed by atoms with Crippen molar-refractivity contribution in [1.82, 2.24) is 10.3 Å². The van der Waals surface area contributed by atoms with Crippen LogP contribution >= 0.6 is 22.6 Å². The summed E-state index contributed by atoms with van der Waals surface area (Å²) in [5, 5.41) is 12.8. The molecule has 1 aromatic heterocycles. The Morgan fingerprint density at radius 1 is 1.10 bits per heavy atom. The van der Waals surface area contributed by atoms with E-state index in [0.29, 0.717) is 5.69 Å². The highest BCUT2D eigenvalue weighted by Gasteiger charge is 2.36. The number of nitrogens with one attached hydrogen (secondary N) is 1. The van der Waals surface area contributed by atoms with E-state index in [1.807, 2.05) is 29.2 Å². The molecule has 2 heterocycles. The molecular formula is C23H27FIN3O2. The van der Waals surface area contributed by atoms with Gasteiger partial charge in [-0.3, -0.25) is 9.78 Å². The van der Waals surface area contributed by atoms with Crippen molar-refractivity contribution in [3.8, 4) is 11.1 Å². The van der Waals surface area contributed by atoms with E-state index in [1.165, 1.54) is 0 Å². The quantitative estimate of drug-likeness (QED) is 0.357. The molecule has 1 unspecified atom stereocenters. The van der Waals surface area contributed by atoms with Gasteiger partial charge in [-0.1, -0.05) is 28.7 Å². The first-order valence-electron chi connectivity index (χ1n) is 10.6. The number of aliphatic hydroxyl groups is 1.